The van der Waals surface area contributed by atoms with Gasteiger partial charge in [0.1, 0.15) is 0 Å². The maximum Gasteiger partial charge on any atom is 0.313 e. The molecular weight excluding hydrogens is 1570 g/mol. The SMILES string of the molecule is O=C(O)CCCC(=O)N(CCCCCCSC(c1ccccc1)(c1ccccc1)c1ccccc1)CCCCCCSC(c1ccccc1)(c1ccccc1)c1ccccc1.O=C1CCCC(=O)O1.c1ccc(C(SCCCCCCNCCCCCCSC(c2ccccc2)(c2ccccc2)c2ccccc2)(c2ccccc2)c2ccccc2)cc1. The molecule has 632 valence electrons. The highest BCUT2D eigenvalue weighted by molar-refractivity contribution is 8.01. The molecule has 13 rings (SSSR count). The lowest BCUT2D eigenvalue weighted by atomic mass is 9.84. The summed E-state index contributed by atoms with van der Waals surface area (Å²) >= 11 is 8.21. The van der Waals surface area contributed by atoms with Crippen LogP contribution in [-0.4, -0.2) is 83.0 Å². The molecule has 1 aliphatic rings. The standard InChI is InChI=1S/C55H61NO3S2.C50H55NS2.C5H6O3/c57-52(40-27-41-53(58)59)56(42-23-1-3-25-44-60-54(46-28-11-5-12-29-46,47-30-13-6-14-31-47)48-32-15-7-16-33-48)43-24-2-4-26-45-61-55(49-34-17-8-18-35-49,50-36-19-9-20-37-50)51-38-21-10-22-39-51;1(3-25-41-52-49(43-27-11-5-12-28-43,44-29-13-6-14-30-44)45-31-15-7-16-32-45)23-39-51-40-24-2-4-26-42-53-50(46-33-17-8-18-34-46,47-35-19-9-20-36-47)48-37-21-10-22-38-48;6-4-2-1-3-5(7)8-4/h5-22,28-39H,1-4,23-27,40-45H2,(H,58,59);5-22,27-38,51H,1-4,23-26,39-42H2;1-3H2. The summed E-state index contributed by atoms with van der Waals surface area (Å²) in [6.07, 6.45) is 20.6. The second-order valence-electron chi connectivity index (χ2n) is 31.2. The number of nitrogens with one attached hydrogen (secondary N) is 1. The fourth-order valence-electron chi connectivity index (χ4n) is 16.5. The third-order valence-corrected chi connectivity index (χ3v) is 29.2. The van der Waals surface area contributed by atoms with E-state index in [4.69, 9.17) is 0 Å². The Morgan fingerprint density at radius 3 is 0.656 bits per heavy atom. The largest absolute Gasteiger partial charge is 0.481 e. The number of esters is 2. The number of carbonyl (C=O) groups excluding carboxylic acids is 3. The Hall–Kier alpha value is -9.92. The van der Waals surface area contributed by atoms with E-state index in [0.717, 1.165) is 101 Å². The smallest absolute Gasteiger partial charge is 0.313 e. The van der Waals surface area contributed by atoms with Crippen LogP contribution >= 0.6 is 47.0 Å². The van der Waals surface area contributed by atoms with E-state index in [0.29, 0.717) is 32.1 Å². The first kappa shape index (κ1) is 92.8. The van der Waals surface area contributed by atoms with Gasteiger partial charge in [0.2, 0.25) is 5.91 Å². The minimum absolute atomic E-state index is 0.0295. The van der Waals surface area contributed by atoms with E-state index < -0.39 is 5.97 Å². The Bertz CT molecular complexity index is 4200. The lowest BCUT2D eigenvalue weighted by Crippen LogP contribution is -2.33. The molecule has 2 N–H and O–H groups in total. The number of ether oxygens (including phenoxy) is 1. The van der Waals surface area contributed by atoms with Gasteiger partial charge in [-0.15, -0.1) is 47.0 Å². The molecule has 0 spiro atoms. The summed E-state index contributed by atoms with van der Waals surface area (Å²) in [5, 5.41) is 12.9. The fraction of sp³-hybridized carbons (Fsp3) is 0.309. The Morgan fingerprint density at radius 1 is 0.270 bits per heavy atom. The first-order valence-corrected chi connectivity index (χ1v) is 48.3. The highest BCUT2D eigenvalue weighted by atomic mass is 32.2. The number of carboxylic acid groups (broad SMARTS) is 1. The van der Waals surface area contributed by atoms with Crippen molar-refractivity contribution < 1.29 is 29.0 Å². The summed E-state index contributed by atoms with van der Waals surface area (Å²) in [5.41, 5.74) is 15.8. The molecule has 1 fully saturated rings. The monoisotopic (exact) mass is 1690 g/mol. The van der Waals surface area contributed by atoms with Crippen molar-refractivity contribution in [3.63, 3.8) is 0 Å². The van der Waals surface area contributed by atoms with Crippen molar-refractivity contribution in [1.82, 2.24) is 10.2 Å². The average molecular weight is 1700 g/mol. The van der Waals surface area contributed by atoms with Crippen LogP contribution in [0.15, 0.2) is 364 Å². The molecule has 1 amide bonds. The number of carboxylic acids is 1. The molecule has 12 aromatic carbocycles. The van der Waals surface area contributed by atoms with E-state index in [-0.39, 0.29) is 43.3 Å². The fourth-order valence-corrected chi connectivity index (χ4v) is 22.8. The number of cyclic esters (lactones) is 2. The molecule has 122 heavy (non-hydrogen) atoms. The summed E-state index contributed by atoms with van der Waals surface area (Å²) < 4.78 is 3.17. The van der Waals surface area contributed by atoms with Crippen LogP contribution in [0.4, 0.5) is 0 Å². The second-order valence-corrected chi connectivity index (χ2v) is 36.5. The number of carbonyl (C=O) groups is 4. The normalized spacial score (nSPS) is 12.3. The van der Waals surface area contributed by atoms with Crippen molar-refractivity contribution in [1.29, 1.82) is 0 Å². The molecule has 0 saturated carbocycles. The van der Waals surface area contributed by atoms with Gasteiger partial charge in [-0.05, 0) is 167 Å². The average Bonchev–Trinajstić information content (AvgIpc) is 0.777. The van der Waals surface area contributed by atoms with E-state index >= 15 is 0 Å². The summed E-state index contributed by atoms with van der Waals surface area (Å²) in [5.74, 6) is 2.75. The Labute approximate surface area is 744 Å². The van der Waals surface area contributed by atoms with Crippen LogP contribution in [0.3, 0.4) is 0 Å². The second kappa shape index (κ2) is 51.9. The third kappa shape index (κ3) is 27.0. The van der Waals surface area contributed by atoms with Crippen LogP contribution in [-0.2, 0) is 42.9 Å². The third-order valence-electron chi connectivity index (χ3n) is 22.7. The maximum absolute atomic E-state index is 13.4. The van der Waals surface area contributed by atoms with Crippen molar-refractivity contribution in [2.75, 3.05) is 49.2 Å². The molecule has 12 aromatic rings. The predicted octanol–water partition coefficient (Wildman–Crippen LogP) is 27.0. The number of unbranched alkanes of at least 4 members (excludes halogenated alkanes) is 12. The van der Waals surface area contributed by atoms with Crippen LogP contribution in [0, 0.1) is 0 Å². The Kier molecular flexibility index (Phi) is 39.5. The van der Waals surface area contributed by atoms with Crippen molar-refractivity contribution >= 4 is 70.9 Å². The first-order valence-electron chi connectivity index (χ1n) is 44.3. The molecule has 1 aliphatic heterocycles. The van der Waals surface area contributed by atoms with E-state index in [9.17, 15) is 24.3 Å². The summed E-state index contributed by atoms with van der Waals surface area (Å²) in [4.78, 5) is 47.1. The number of rotatable bonds is 48. The van der Waals surface area contributed by atoms with Gasteiger partial charge in [-0.2, -0.15) is 0 Å². The molecule has 1 saturated heterocycles. The molecule has 0 radical (unpaired) electrons. The summed E-state index contributed by atoms with van der Waals surface area (Å²) in [6, 6.07) is 132. The Morgan fingerprint density at radius 2 is 0.467 bits per heavy atom. The van der Waals surface area contributed by atoms with Crippen LogP contribution in [0.5, 0.6) is 0 Å². The highest BCUT2D eigenvalue weighted by Crippen LogP contribution is 2.53. The van der Waals surface area contributed by atoms with Gasteiger partial charge in [-0.1, -0.05) is 415 Å². The topological polar surface area (TPSA) is 113 Å². The number of amides is 1. The molecule has 0 aromatic heterocycles. The Balaban J connectivity index is 0.000000219. The van der Waals surface area contributed by atoms with Crippen LogP contribution in [0.2, 0.25) is 0 Å². The molecule has 0 unspecified atom stereocenters. The van der Waals surface area contributed by atoms with Crippen molar-refractivity contribution in [2.45, 2.75) is 160 Å². The van der Waals surface area contributed by atoms with E-state index in [1.54, 1.807) is 0 Å². The quantitative estimate of drug-likeness (QED) is 0.0165. The number of hydrogen-bond donors (Lipinski definition) is 2. The van der Waals surface area contributed by atoms with Gasteiger partial charge in [0.15, 0.2) is 0 Å². The lowest BCUT2D eigenvalue weighted by molar-refractivity contribution is -0.163. The maximum atomic E-state index is 13.4. The van der Waals surface area contributed by atoms with E-state index in [1.807, 2.05) is 28.4 Å². The van der Waals surface area contributed by atoms with Gasteiger partial charge in [0.25, 0.3) is 0 Å². The number of hydrogen-bond acceptors (Lipinski definition) is 10. The number of thioether (sulfide) groups is 4. The number of aliphatic carboxylic acids is 1. The van der Waals surface area contributed by atoms with Gasteiger partial charge in [0.05, 0.1) is 19.0 Å². The van der Waals surface area contributed by atoms with Crippen molar-refractivity contribution in [3.05, 3.63) is 431 Å². The van der Waals surface area contributed by atoms with Crippen LogP contribution in [0.25, 0.3) is 0 Å². The van der Waals surface area contributed by atoms with Crippen molar-refractivity contribution in [2.24, 2.45) is 0 Å². The molecular formula is C110H122N2O6S4. The molecule has 0 bridgehead atoms. The summed E-state index contributed by atoms with van der Waals surface area (Å²) in [7, 11) is 0. The van der Waals surface area contributed by atoms with Gasteiger partial charge < -0.3 is 20.1 Å². The molecule has 0 aliphatic carbocycles. The minimum Gasteiger partial charge on any atom is -0.481 e. The van der Waals surface area contributed by atoms with E-state index in [1.165, 1.54) is 118 Å². The van der Waals surface area contributed by atoms with Gasteiger partial charge >= 0.3 is 17.9 Å². The highest BCUT2D eigenvalue weighted by Gasteiger charge is 2.41. The zero-order chi connectivity index (χ0) is 84.7. The van der Waals surface area contributed by atoms with Crippen molar-refractivity contribution in [3.8, 4) is 0 Å². The van der Waals surface area contributed by atoms with Gasteiger partial charge in [-0.25, -0.2) is 0 Å². The molecule has 0 atom stereocenters. The number of nitrogens with zero attached hydrogens (tertiary/aromatic N) is 1. The lowest BCUT2D eigenvalue weighted by Gasteiger charge is -2.35. The number of benzene rings is 12. The zero-order valence-corrected chi connectivity index (χ0v) is 74.2. The zero-order valence-electron chi connectivity index (χ0n) is 70.9. The molecule has 12 heteroatoms. The first-order chi connectivity index (χ1) is 60.2. The van der Waals surface area contributed by atoms with Crippen LogP contribution in [0.1, 0.15) is 208 Å². The minimum atomic E-state index is -0.846. The van der Waals surface area contributed by atoms with Gasteiger partial charge in [0, 0.05) is 38.8 Å². The van der Waals surface area contributed by atoms with E-state index in [2.05, 4.69) is 398 Å². The van der Waals surface area contributed by atoms with Gasteiger partial charge in [-0.3, -0.25) is 19.2 Å². The van der Waals surface area contributed by atoms with Crippen LogP contribution < -0.4 is 5.32 Å². The molecule has 8 nitrogen and oxygen atoms in total. The summed E-state index contributed by atoms with van der Waals surface area (Å²) in [6.45, 7) is 3.70. The predicted molar refractivity (Wildman–Crippen MR) is 516 cm³/mol. The molecule has 1 heterocycles.